The minimum atomic E-state index is -1.04. The average Bonchev–Trinajstić information content (AvgIpc) is 2.34. The van der Waals surface area contributed by atoms with Gasteiger partial charge < -0.3 is 14.7 Å². The maximum Gasteiger partial charge on any atom is 0.331 e. The Balaban J connectivity index is 3.23. The first-order valence-electron chi connectivity index (χ1n) is 6.06. The minimum absolute atomic E-state index is 0.261. The van der Waals surface area contributed by atoms with Crippen LogP contribution in [0.2, 0.25) is 0 Å². The third kappa shape index (κ3) is 3.24. The Labute approximate surface area is 112 Å². The van der Waals surface area contributed by atoms with E-state index in [9.17, 15) is 14.7 Å². The molecule has 1 rings (SSSR count). The zero-order valence-electron chi connectivity index (χ0n) is 11.6. The van der Waals surface area contributed by atoms with Crippen LogP contribution in [0.5, 0.6) is 5.75 Å². The highest BCUT2D eigenvalue weighted by Gasteiger charge is 2.28. The second-order valence-corrected chi connectivity index (χ2v) is 4.27. The molecule has 1 aromatic rings. The zero-order chi connectivity index (χ0) is 14.6. The number of carboxylic acids is 1. The molecule has 0 aliphatic rings. The third-order valence-electron chi connectivity index (χ3n) is 3.03. The van der Waals surface area contributed by atoms with Crippen molar-refractivity contribution in [3.05, 3.63) is 29.3 Å². The van der Waals surface area contributed by atoms with Gasteiger partial charge in [-0.2, -0.15) is 0 Å². The number of hydrogen-bond donors (Lipinski definition) is 1. The summed E-state index contributed by atoms with van der Waals surface area (Å²) in [7, 11) is 1.56. The Morgan fingerprint density at radius 2 is 2.05 bits per heavy atom. The Hall–Kier alpha value is -2.04. The number of benzene rings is 1. The number of hydrogen-bond acceptors (Lipinski definition) is 3. The van der Waals surface area contributed by atoms with Crippen LogP contribution in [0.25, 0.3) is 0 Å². The molecule has 1 atom stereocenters. The van der Waals surface area contributed by atoms with E-state index in [4.69, 9.17) is 4.74 Å². The molecule has 0 aromatic heterocycles. The van der Waals surface area contributed by atoms with Gasteiger partial charge >= 0.3 is 5.97 Å². The van der Waals surface area contributed by atoms with Crippen LogP contribution in [0, 0.1) is 6.92 Å². The predicted octanol–water partition coefficient (Wildman–Crippen LogP) is 2.00. The van der Waals surface area contributed by atoms with E-state index < -0.39 is 12.0 Å². The second kappa shape index (κ2) is 6.22. The summed E-state index contributed by atoms with van der Waals surface area (Å²) in [6.45, 7) is 5.31. The normalized spacial score (nSPS) is 11.8. The van der Waals surface area contributed by atoms with Gasteiger partial charge in [0.05, 0.1) is 7.11 Å². The predicted molar refractivity (Wildman–Crippen MR) is 71.2 cm³/mol. The number of aliphatic carboxylic acids is 1. The van der Waals surface area contributed by atoms with Gasteiger partial charge in [-0.05, 0) is 37.1 Å². The number of carboxylic acid groups (broad SMARTS) is 1. The number of methoxy groups -OCH3 is 1. The molecule has 5 heteroatoms. The molecule has 1 amide bonds. The summed E-state index contributed by atoms with van der Waals surface area (Å²) in [4.78, 5) is 24.3. The van der Waals surface area contributed by atoms with Gasteiger partial charge in [-0.3, -0.25) is 4.79 Å². The summed E-state index contributed by atoms with van der Waals surface area (Å²) in [6, 6.07) is 4.17. The standard InChI is InChI=1S/C14H19NO4/c1-5-15(10(3)16)13(14(17)18)11-6-7-12(19-4)9(2)8-11/h6-8,13H,5H2,1-4H3,(H,17,18). The minimum Gasteiger partial charge on any atom is -0.496 e. The van der Waals surface area contributed by atoms with Crippen molar-refractivity contribution in [2.24, 2.45) is 0 Å². The lowest BCUT2D eigenvalue weighted by atomic mass is 10.0. The number of carbonyl (C=O) groups excluding carboxylic acids is 1. The molecule has 0 saturated heterocycles. The van der Waals surface area contributed by atoms with E-state index in [-0.39, 0.29) is 5.91 Å². The van der Waals surface area contributed by atoms with Crippen LogP contribution in [-0.4, -0.2) is 35.5 Å². The lowest BCUT2D eigenvalue weighted by Crippen LogP contribution is -2.37. The number of likely N-dealkylation sites (N-methyl/N-ethyl adjacent to an activating group) is 1. The van der Waals surface area contributed by atoms with Gasteiger partial charge in [0.1, 0.15) is 5.75 Å². The van der Waals surface area contributed by atoms with Gasteiger partial charge in [0.25, 0.3) is 0 Å². The van der Waals surface area contributed by atoms with Gasteiger partial charge in [-0.25, -0.2) is 4.79 Å². The molecule has 1 aromatic carbocycles. The fraction of sp³-hybridized carbons (Fsp3) is 0.429. The lowest BCUT2D eigenvalue weighted by molar-refractivity contribution is -0.149. The SMILES string of the molecule is CCN(C(C)=O)C(C(=O)O)c1ccc(OC)c(C)c1. The van der Waals surface area contributed by atoms with Crippen LogP contribution in [-0.2, 0) is 9.59 Å². The molecule has 0 heterocycles. The molecule has 0 fully saturated rings. The van der Waals surface area contributed by atoms with Gasteiger partial charge in [-0.15, -0.1) is 0 Å². The number of aryl methyl sites for hydroxylation is 1. The van der Waals surface area contributed by atoms with E-state index >= 15 is 0 Å². The Kier molecular flexibility index (Phi) is 4.92. The molecule has 5 nitrogen and oxygen atoms in total. The first-order chi connectivity index (χ1) is 8.92. The van der Waals surface area contributed by atoms with Gasteiger partial charge in [0.2, 0.25) is 5.91 Å². The zero-order valence-corrected chi connectivity index (χ0v) is 11.6. The van der Waals surface area contributed by atoms with Crippen LogP contribution < -0.4 is 4.74 Å². The molecule has 0 aliphatic heterocycles. The van der Waals surface area contributed by atoms with E-state index in [0.29, 0.717) is 17.9 Å². The van der Waals surface area contributed by atoms with Gasteiger partial charge in [-0.1, -0.05) is 6.07 Å². The number of nitrogens with zero attached hydrogens (tertiary/aromatic N) is 1. The van der Waals surface area contributed by atoms with E-state index in [1.165, 1.54) is 11.8 Å². The maximum atomic E-state index is 11.5. The van der Waals surface area contributed by atoms with Crippen LogP contribution in [0.15, 0.2) is 18.2 Å². The molecular weight excluding hydrogens is 246 g/mol. The maximum absolute atomic E-state index is 11.5. The molecule has 0 bridgehead atoms. The fourth-order valence-corrected chi connectivity index (χ4v) is 2.11. The highest BCUT2D eigenvalue weighted by atomic mass is 16.5. The largest absolute Gasteiger partial charge is 0.496 e. The molecule has 1 unspecified atom stereocenters. The lowest BCUT2D eigenvalue weighted by Gasteiger charge is -2.27. The topological polar surface area (TPSA) is 66.8 Å². The Bertz CT molecular complexity index is 484. The number of rotatable bonds is 5. The summed E-state index contributed by atoms with van der Waals surface area (Å²) in [5.74, 6) is -0.608. The summed E-state index contributed by atoms with van der Waals surface area (Å²) in [5.41, 5.74) is 1.41. The Morgan fingerprint density at radius 1 is 1.42 bits per heavy atom. The summed E-state index contributed by atoms with van der Waals surface area (Å²) >= 11 is 0. The molecule has 1 N–H and O–H groups in total. The average molecular weight is 265 g/mol. The first kappa shape index (κ1) is 15.0. The van der Waals surface area contributed by atoms with Gasteiger partial charge in [0, 0.05) is 13.5 Å². The number of carbonyl (C=O) groups is 2. The van der Waals surface area contributed by atoms with Crippen molar-refractivity contribution in [3.8, 4) is 5.75 Å². The number of ether oxygens (including phenoxy) is 1. The monoisotopic (exact) mass is 265 g/mol. The van der Waals surface area contributed by atoms with Crippen LogP contribution in [0.3, 0.4) is 0 Å². The number of amides is 1. The van der Waals surface area contributed by atoms with Crippen molar-refractivity contribution in [2.75, 3.05) is 13.7 Å². The summed E-state index contributed by atoms with van der Waals surface area (Å²) in [5, 5.41) is 9.37. The molecule has 104 valence electrons. The molecular formula is C14H19NO4. The molecule has 19 heavy (non-hydrogen) atoms. The van der Waals surface area contributed by atoms with Crippen molar-refractivity contribution in [1.29, 1.82) is 0 Å². The van der Waals surface area contributed by atoms with Crippen molar-refractivity contribution < 1.29 is 19.4 Å². The fourth-order valence-electron chi connectivity index (χ4n) is 2.11. The van der Waals surface area contributed by atoms with E-state index in [0.717, 1.165) is 5.56 Å². The van der Waals surface area contributed by atoms with Crippen molar-refractivity contribution in [2.45, 2.75) is 26.8 Å². The molecule has 0 radical (unpaired) electrons. The smallest absolute Gasteiger partial charge is 0.331 e. The van der Waals surface area contributed by atoms with E-state index in [1.807, 2.05) is 6.92 Å². The molecule has 0 spiro atoms. The second-order valence-electron chi connectivity index (χ2n) is 4.27. The van der Waals surface area contributed by atoms with Crippen LogP contribution >= 0.6 is 0 Å². The van der Waals surface area contributed by atoms with Crippen molar-refractivity contribution >= 4 is 11.9 Å². The van der Waals surface area contributed by atoms with E-state index in [1.54, 1.807) is 32.2 Å². The highest BCUT2D eigenvalue weighted by molar-refractivity contribution is 5.83. The Morgan fingerprint density at radius 3 is 2.42 bits per heavy atom. The van der Waals surface area contributed by atoms with Gasteiger partial charge in [0.15, 0.2) is 6.04 Å². The summed E-state index contributed by atoms with van der Waals surface area (Å²) < 4.78 is 5.15. The quantitative estimate of drug-likeness (QED) is 0.884. The highest BCUT2D eigenvalue weighted by Crippen LogP contribution is 2.26. The summed E-state index contributed by atoms with van der Waals surface area (Å²) in [6.07, 6.45) is 0. The van der Waals surface area contributed by atoms with Crippen molar-refractivity contribution in [3.63, 3.8) is 0 Å². The van der Waals surface area contributed by atoms with Crippen LogP contribution in [0.4, 0.5) is 0 Å². The van der Waals surface area contributed by atoms with Crippen molar-refractivity contribution in [1.82, 2.24) is 4.90 Å². The third-order valence-corrected chi connectivity index (χ3v) is 3.03. The van der Waals surface area contributed by atoms with E-state index in [2.05, 4.69) is 0 Å². The van der Waals surface area contributed by atoms with Crippen LogP contribution in [0.1, 0.15) is 31.0 Å². The first-order valence-corrected chi connectivity index (χ1v) is 6.06. The molecule has 0 aliphatic carbocycles. The molecule has 0 saturated carbocycles.